The van der Waals surface area contributed by atoms with Gasteiger partial charge in [-0.15, -0.1) is 0 Å². The molecule has 1 heterocycles. The van der Waals surface area contributed by atoms with Gasteiger partial charge in [0.1, 0.15) is 11.6 Å². The molecule has 0 saturated heterocycles. The maximum Gasteiger partial charge on any atom is 0.276 e. The number of carbonyl (C=O) groups is 1. The number of pyridine rings is 1. The van der Waals surface area contributed by atoms with Crippen LogP contribution in [0.3, 0.4) is 0 Å². The summed E-state index contributed by atoms with van der Waals surface area (Å²) in [7, 11) is 0. The van der Waals surface area contributed by atoms with Gasteiger partial charge in [0.2, 0.25) is 0 Å². The molecular formula is C14H16N4O2. The number of anilines is 2. The second kappa shape index (κ2) is 6.42. The molecule has 2 aromatic rings. The normalized spacial score (nSPS) is 9.85. The van der Waals surface area contributed by atoms with Gasteiger partial charge < -0.3 is 10.5 Å². The van der Waals surface area contributed by atoms with Gasteiger partial charge in [-0.2, -0.15) is 0 Å². The van der Waals surface area contributed by atoms with Gasteiger partial charge in [0.25, 0.3) is 5.91 Å². The fourth-order valence-electron chi connectivity index (χ4n) is 1.58. The molecule has 2 rings (SSSR count). The minimum absolute atomic E-state index is 0.0927. The molecule has 0 unspecified atom stereocenters. The first-order valence-corrected chi connectivity index (χ1v) is 6.10. The second-order valence-corrected chi connectivity index (χ2v) is 4.20. The van der Waals surface area contributed by atoms with Crippen molar-refractivity contribution in [1.29, 1.82) is 0 Å². The van der Waals surface area contributed by atoms with Crippen molar-refractivity contribution in [3.05, 3.63) is 48.2 Å². The monoisotopic (exact) mass is 272 g/mol. The van der Waals surface area contributed by atoms with Crippen molar-refractivity contribution in [2.45, 2.75) is 6.92 Å². The Kier molecular flexibility index (Phi) is 4.39. The summed E-state index contributed by atoms with van der Waals surface area (Å²) >= 11 is 0. The molecule has 6 heteroatoms. The van der Waals surface area contributed by atoms with E-state index in [0.717, 1.165) is 5.56 Å². The van der Waals surface area contributed by atoms with E-state index < -0.39 is 0 Å². The lowest BCUT2D eigenvalue weighted by Crippen LogP contribution is -2.33. The van der Waals surface area contributed by atoms with Crippen LogP contribution < -0.4 is 21.3 Å². The van der Waals surface area contributed by atoms with E-state index in [-0.39, 0.29) is 12.5 Å². The first kappa shape index (κ1) is 13.7. The summed E-state index contributed by atoms with van der Waals surface area (Å²) in [5.41, 5.74) is 12.4. The second-order valence-electron chi connectivity index (χ2n) is 4.20. The number of hydrogen-bond acceptors (Lipinski definition) is 5. The number of ether oxygens (including phenoxy) is 1. The zero-order chi connectivity index (χ0) is 14.4. The van der Waals surface area contributed by atoms with Crippen molar-refractivity contribution in [2.75, 3.05) is 17.8 Å². The quantitative estimate of drug-likeness (QED) is 0.567. The topological polar surface area (TPSA) is 89.3 Å². The first-order chi connectivity index (χ1) is 9.65. The van der Waals surface area contributed by atoms with Crippen molar-refractivity contribution >= 4 is 17.4 Å². The predicted molar refractivity (Wildman–Crippen MR) is 77.1 cm³/mol. The molecule has 1 amide bonds. The Labute approximate surface area is 116 Å². The van der Waals surface area contributed by atoms with E-state index in [0.29, 0.717) is 17.3 Å². The van der Waals surface area contributed by atoms with Crippen LogP contribution in [-0.2, 0) is 4.79 Å². The first-order valence-electron chi connectivity index (χ1n) is 6.10. The summed E-state index contributed by atoms with van der Waals surface area (Å²) in [4.78, 5) is 15.6. The highest BCUT2D eigenvalue weighted by Crippen LogP contribution is 2.19. The van der Waals surface area contributed by atoms with Crippen LogP contribution in [0.5, 0.6) is 5.75 Å². The molecular weight excluding hydrogens is 256 g/mol. The molecule has 20 heavy (non-hydrogen) atoms. The molecule has 1 aromatic carbocycles. The van der Waals surface area contributed by atoms with Gasteiger partial charge >= 0.3 is 0 Å². The number of aryl methyl sites for hydroxylation is 1. The lowest BCUT2D eigenvalue weighted by Gasteiger charge is -2.10. The Morgan fingerprint density at radius 1 is 1.35 bits per heavy atom. The van der Waals surface area contributed by atoms with Gasteiger partial charge in [0, 0.05) is 11.9 Å². The van der Waals surface area contributed by atoms with Crippen LogP contribution in [0.4, 0.5) is 11.5 Å². The number of hydrazine groups is 1. The average molecular weight is 272 g/mol. The number of nitrogens with zero attached hydrogens (tertiary/aromatic N) is 1. The summed E-state index contributed by atoms with van der Waals surface area (Å²) in [5, 5.41) is 0. The molecule has 0 atom stereocenters. The number of aromatic nitrogens is 1. The van der Waals surface area contributed by atoms with Crippen LogP contribution in [0, 0.1) is 6.92 Å². The Balaban J connectivity index is 1.80. The van der Waals surface area contributed by atoms with Crippen LogP contribution in [0.15, 0.2) is 42.6 Å². The summed E-state index contributed by atoms with van der Waals surface area (Å²) in [6.07, 6.45) is 1.63. The number of amides is 1. The van der Waals surface area contributed by atoms with Gasteiger partial charge in [0.15, 0.2) is 6.61 Å². The third kappa shape index (κ3) is 3.88. The van der Waals surface area contributed by atoms with Crippen LogP contribution in [0.2, 0.25) is 0 Å². The van der Waals surface area contributed by atoms with Crippen LogP contribution in [0.1, 0.15) is 5.56 Å². The Hall–Kier alpha value is -2.76. The lowest BCUT2D eigenvalue weighted by atomic mass is 10.2. The van der Waals surface area contributed by atoms with Crippen molar-refractivity contribution in [2.24, 2.45) is 0 Å². The number of benzene rings is 1. The van der Waals surface area contributed by atoms with E-state index in [1.807, 2.05) is 13.0 Å². The van der Waals surface area contributed by atoms with E-state index >= 15 is 0 Å². The van der Waals surface area contributed by atoms with Gasteiger partial charge in [-0.3, -0.25) is 15.6 Å². The molecule has 0 radical (unpaired) electrons. The Bertz CT molecular complexity index is 587. The molecule has 6 nitrogen and oxygen atoms in total. The van der Waals surface area contributed by atoms with Crippen molar-refractivity contribution in [3.63, 3.8) is 0 Å². The van der Waals surface area contributed by atoms with Crippen molar-refractivity contribution in [1.82, 2.24) is 10.4 Å². The molecule has 104 valence electrons. The fourth-order valence-corrected chi connectivity index (χ4v) is 1.58. The highest BCUT2D eigenvalue weighted by atomic mass is 16.5. The average Bonchev–Trinajstić information content (AvgIpc) is 2.45. The van der Waals surface area contributed by atoms with Crippen molar-refractivity contribution in [3.8, 4) is 5.75 Å². The maximum absolute atomic E-state index is 11.6. The van der Waals surface area contributed by atoms with Crippen molar-refractivity contribution < 1.29 is 9.53 Å². The molecule has 0 spiro atoms. The van der Waals surface area contributed by atoms with Gasteiger partial charge in [-0.05, 0) is 42.8 Å². The van der Waals surface area contributed by atoms with E-state index in [9.17, 15) is 4.79 Å². The molecule has 0 saturated carbocycles. The molecule has 0 fully saturated rings. The van der Waals surface area contributed by atoms with Crippen LogP contribution in [0.25, 0.3) is 0 Å². The van der Waals surface area contributed by atoms with Crippen LogP contribution in [-0.4, -0.2) is 17.5 Å². The summed E-state index contributed by atoms with van der Waals surface area (Å²) in [5.74, 6) is 0.892. The highest BCUT2D eigenvalue weighted by Gasteiger charge is 2.05. The molecule has 0 aliphatic heterocycles. The van der Waals surface area contributed by atoms with Gasteiger partial charge in [0.05, 0.1) is 0 Å². The minimum atomic E-state index is -0.299. The SMILES string of the molecule is Cc1cc(N)ccc1OCC(=O)NNc1ccccn1. The molecule has 4 N–H and O–H groups in total. The zero-order valence-corrected chi connectivity index (χ0v) is 11.1. The number of nitrogens with one attached hydrogen (secondary N) is 2. The van der Waals surface area contributed by atoms with E-state index in [1.54, 1.807) is 36.5 Å². The van der Waals surface area contributed by atoms with E-state index in [2.05, 4.69) is 15.8 Å². The highest BCUT2D eigenvalue weighted by molar-refractivity contribution is 5.78. The summed E-state index contributed by atoms with van der Waals surface area (Å²) in [6, 6.07) is 10.6. The van der Waals surface area contributed by atoms with Crippen LogP contribution >= 0.6 is 0 Å². The van der Waals surface area contributed by atoms with E-state index in [1.165, 1.54) is 0 Å². The minimum Gasteiger partial charge on any atom is -0.483 e. The summed E-state index contributed by atoms with van der Waals surface area (Å²) in [6.45, 7) is 1.78. The van der Waals surface area contributed by atoms with E-state index in [4.69, 9.17) is 10.5 Å². The molecule has 0 aliphatic rings. The largest absolute Gasteiger partial charge is 0.483 e. The smallest absolute Gasteiger partial charge is 0.276 e. The van der Waals surface area contributed by atoms with Gasteiger partial charge in [-0.1, -0.05) is 6.07 Å². The number of nitrogens with two attached hydrogens (primary N) is 1. The third-order valence-electron chi connectivity index (χ3n) is 2.55. The lowest BCUT2D eigenvalue weighted by molar-refractivity contribution is -0.122. The molecule has 0 aliphatic carbocycles. The number of hydrogen-bond donors (Lipinski definition) is 3. The molecule has 0 bridgehead atoms. The summed E-state index contributed by atoms with van der Waals surface area (Å²) < 4.78 is 5.41. The van der Waals surface area contributed by atoms with Gasteiger partial charge in [-0.25, -0.2) is 4.98 Å². The standard InChI is InChI=1S/C14H16N4O2/c1-10-8-11(15)5-6-12(10)20-9-14(19)18-17-13-4-2-3-7-16-13/h2-8H,9,15H2,1H3,(H,16,17)(H,18,19). The zero-order valence-electron chi connectivity index (χ0n) is 11.1. The Morgan fingerprint density at radius 3 is 2.90 bits per heavy atom. The number of carbonyl (C=O) groups excluding carboxylic acids is 1. The predicted octanol–water partition coefficient (Wildman–Crippen LogP) is 1.49. The maximum atomic E-state index is 11.6. The number of rotatable bonds is 5. The number of nitrogen functional groups attached to an aromatic ring is 1. The Morgan fingerprint density at radius 2 is 2.20 bits per heavy atom. The third-order valence-corrected chi connectivity index (χ3v) is 2.55. The fraction of sp³-hybridized carbons (Fsp3) is 0.143. The molecule has 1 aromatic heterocycles.